The molecule has 0 saturated carbocycles. The van der Waals surface area contributed by atoms with E-state index < -0.39 is 12.6 Å². The van der Waals surface area contributed by atoms with Gasteiger partial charge in [0.1, 0.15) is 11.5 Å². The molecule has 1 aromatic heterocycles. The van der Waals surface area contributed by atoms with E-state index in [1.54, 1.807) is 11.0 Å². The van der Waals surface area contributed by atoms with Gasteiger partial charge in [0.15, 0.2) is 23.9 Å². The first-order valence-corrected chi connectivity index (χ1v) is 10.5. The Bertz CT molecular complexity index is 1070. The number of aromatic nitrogens is 1. The minimum atomic E-state index is -1.12. The number of benzene rings is 1. The van der Waals surface area contributed by atoms with Gasteiger partial charge in [-0.15, -0.1) is 0 Å². The van der Waals surface area contributed by atoms with E-state index in [9.17, 15) is 9.59 Å². The second kappa shape index (κ2) is 8.98. The van der Waals surface area contributed by atoms with Crippen molar-refractivity contribution in [1.29, 1.82) is 5.41 Å². The summed E-state index contributed by atoms with van der Waals surface area (Å²) in [6.07, 6.45) is 0.778. The number of fused-ring (bicyclic) bond motifs is 1. The first-order chi connectivity index (χ1) is 15.0. The predicted octanol–water partition coefficient (Wildman–Crippen LogP) is 3.44. The topological polar surface area (TPSA) is 113 Å². The van der Waals surface area contributed by atoms with E-state index in [0.717, 1.165) is 23.2 Å². The van der Waals surface area contributed by atoms with Crippen molar-refractivity contribution in [2.24, 2.45) is 0 Å². The van der Waals surface area contributed by atoms with Gasteiger partial charge in [0, 0.05) is 28.9 Å². The first kappa shape index (κ1) is 23.2. The van der Waals surface area contributed by atoms with Crippen LogP contribution in [0.1, 0.15) is 60.6 Å². The van der Waals surface area contributed by atoms with Gasteiger partial charge in [0.05, 0.1) is 13.7 Å². The van der Waals surface area contributed by atoms with Crippen LogP contribution in [-0.2, 0) is 23.2 Å². The monoisotopic (exact) mass is 439 g/mol. The summed E-state index contributed by atoms with van der Waals surface area (Å²) in [5.41, 5.74) is 3.19. The molecule has 1 aliphatic heterocycles. The standard InChI is InChI=1S/C24H29N3O5/c1-6-16-8-7-14-11-27(23(25)21(14)26-16)12-18(28)15-9-17(24(2,3)4)22(31-5)19(10-15)32-13-20(29)30/h7-10,25H,6,11-13H2,1-5H3,(H,29,30). The van der Waals surface area contributed by atoms with Crippen molar-refractivity contribution in [1.82, 2.24) is 9.88 Å². The van der Waals surface area contributed by atoms with Crippen molar-refractivity contribution in [2.45, 2.75) is 46.1 Å². The lowest BCUT2D eigenvalue weighted by atomic mass is 9.84. The average Bonchev–Trinajstić information content (AvgIpc) is 3.05. The number of methoxy groups -OCH3 is 1. The quantitative estimate of drug-likeness (QED) is 0.606. The normalized spacial score (nSPS) is 13.2. The van der Waals surface area contributed by atoms with Crippen LogP contribution in [-0.4, -0.2) is 52.8 Å². The van der Waals surface area contributed by atoms with Gasteiger partial charge < -0.3 is 19.5 Å². The minimum Gasteiger partial charge on any atom is -0.493 e. The summed E-state index contributed by atoms with van der Waals surface area (Å²) in [6, 6.07) is 7.18. The maximum Gasteiger partial charge on any atom is 0.341 e. The maximum absolute atomic E-state index is 13.2. The van der Waals surface area contributed by atoms with E-state index in [1.165, 1.54) is 13.2 Å². The number of ketones is 1. The van der Waals surface area contributed by atoms with E-state index in [-0.39, 0.29) is 29.3 Å². The molecular weight excluding hydrogens is 410 g/mol. The van der Waals surface area contributed by atoms with Crippen molar-refractivity contribution < 1.29 is 24.2 Å². The number of carboxylic acids is 1. The number of carbonyl (C=O) groups is 2. The van der Waals surface area contributed by atoms with Crippen molar-refractivity contribution in [3.8, 4) is 11.5 Å². The van der Waals surface area contributed by atoms with Crippen LogP contribution in [0.15, 0.2) is 24.3 Å². The van der Waals surface area contributed by atoms with Crippen LogP contribution in [0.25, 0.3) is 0 Å². The minimum absolute atomic E-state index is 0.00489. The van der Waals surface area contributed by atoms with Gasteiger partial charge in [-0.2, -0.15) is 0 Å². The Morgan fingerprint density at radius 3 is 2.56 bits per heavy atom. The molecular formula is C24H29N3O5. The molecule has 0 fully saturated rings. The molecule has 1 aromatic carbocycles. The Hall–Kier alpha value is -3.42. The molecule has 170 valence electrons. The zero-order valence-corrected chi connectivity index (χ0v) is 19.1. The van der Waals surface area contributed by atoms with Gasteiger partial charge in [-0.3, -0.25) is 10.2 Å². The Kier molecular flexibility index (Phi) is 6.52. The average molecular weight is 440 g/mol. The number of nitrogens with zero attached hydrogens (tertiary/aromatic N) is 2. The SMILES string of the molecule is CCc1ccc2c(n1)C(=N)N(CC(=O)c1cc(OCC(=O)O)c(OC)c(C(C)(C)C)c1)C2. The summed E-state index contributed by atoms with van der Waals surface area (Å²) in [7, 11) is 1.49. The van der Waals surface area contributed by atoms with Crippen molar-refractivity contribution in [2.75, 3.05) is 20.3 Å². The predicted molar refractivity (Wildman–Crippen MR) is 120 cm³/mol. The van der Waals surface area contributed by atoms with Gasteiger partial charge >= 0.3 is 5.97 Å². The number of nitrogens with one attached hydrogen (secondary N) is 1. The summed E-state index contributed by atoms with van der Waals surface area (Å²) in [4.78, 5) is 30.5. The molecule has 0 unspecified atom stereocenters. The van der Waals surface area contributed by atoms with Crippen LogP contribution in [0.5, 0.6) is 11.5 Å². The Morgan fingerprint density at radius 2 is 1.97 bits per heavy atom. The summed E-state index contributed by atoms with van der Waals surface area (Å²) in [5.74, 6) is -0.474. The molecule has 2 aromatic rings. The van der Waals surface area contributed by atoms with Crippen LogP contribution in [0, 0.1) is 5.41 Å². The highest BCUT2D eigenvalue weighted by Gasteiger charge is 2.30. The highest BCUT2D eigenvalue weighted by Crippen LogP contribution is 2.40. The molecule has 0 saturated heterocycles. The highest BCUT2D eigenvalue weighted by atomic mass is 16.5. The third-order valence-electron chi connectivity index (χ3n) is 5.38. The van der Waals surface area contributed by atoms with Crippen LogP contribution < -0.4 is 9.47 Å². The molecule has 1 aliphatic rings. The molecule has 8 nitrogen and oxygen atoms in total. The van der Waals surface area contributed by atoms with E-state index in [4.69, 9.17) is 20.0 Å². The third kappa shape index (κ3) is 4.74. The van der Waals surface area contributed by atoms with Crippen molar-refractivity contribution >= 4 is 17.6 Å². The number of hydrogen-bond donors (Lipinski definition) is 2. The number of amidine groups is 1. The van der Waals surface area contributed by atoms with Crippen LogP contribution in [0.3, 0.4) is 0 Å². The molecule has 0 spiro atoms. The van der Waals surface area contributed by atoms with E-state index in [0.29, 0.717) is 23.6 Å². The molecule has 0 atom stereocenters. The molecule has 0 radical (unpaired) electrons. The second-order valence-corrected chi connectivity index (χ2v) is 8.78. The molecule has 0 aliphatic carbocycles. The number of carbonyl (C=O) groups excluding carboxylic acids is 1. The van der Waals surface area contributed by atoms with Crippen LogP contribution >= 0.6 is 0 Å². The number of rotatable bonds is 8. The number of carboxylic acid groups (broad SMARTS) is 1. The Balaban J connectivity index is 1.91. The third-order valence-corrected chi connectivity index (χ3v) is 5.38. The molecule has 0 bridgehead atoms. The Morgan fingerprint density at radius 1 is 1.25 bits per heavy atom. The summed E-state index contributed by atoms with van der Waals surface area (Å²) in [5, 5.41) is 17.5. The molecule has 2 N–H and O–H groups in total. The van der Waals surface area contributed by atoms with Gasteiger partial charge in [-0.1, -0.05) is 33.8 Å². The summed E-state index contributed by atoms with van der Waals surface area (Å²) >= 11 is 0. The number of pyridine rings is 1. The van der Waals surface area contributed by atoms with Gasteiger partial charge in [-0.05, 0) is 30.0 Å². The lowest BCUT2D eigenvalue weighted by Gasteiger charge is -2.25. The number of Topliss-reactive ketones (excluding diaryl/α,β-unsaturated/α-hetero) is 1. The van der Waals surface area contributed by atoms with Crippen LogP contribution in [0.2, 0.25) is 0 Å². The first-order valence-electron chi connectivity index (χ1n) is 10.5. The zero-order chi connectivity index (χ0) is 23.6. The van der Waals surface area contributed by atoms with Gasteiger partial charge in [0.25, 0.3) is 0 Å². The number of aryl methyl sites for hydroxylation is 1. The van der Waals surface area contributed by atoms with Gasteiger partial charge in [-0.25, -0.2) is 9.78 Å². The summed E-state index contributed by atoms with van der Waals surface area (Å²) < 4.78 is 10.9. The molecule has 0 amide bonds. The van der Waals surface area contributed by atoms with Gasteiger partial charge in [0.2, 0.25) is 0 Å². The van der Waals surface area contributed by atoms with Crippen LogP contribution in [0.4, 0.5) is 0 Å². The fourth-order valence-corrected chi connectivity index (χ4v) is 3.67. The molecule has 32 heavy (non-hydrogen) atoms. The molecule has 2 heterocycles. The lowest BCUT2D eigenvalue weighted by molar-refractivity contribution is -0.139. The van der Waals surface area contributed by atoms with Crippen molar-refractivity contribution in [3.63, 3.8) is 0 Å². The number of aliphatic carboxylic acids is 1. The zero-order valence-electron chi connectivity index (χ0n) is 19.1. The lowest BCUT2D eigenvalue weighted by Crippen LogP contribution is -2.30. The van der Waals surface area contributed by atoms with E-state index in [1.807, 2.05) is 39.8 Å². The smallest absolute Gasteiger partial charge is 0.341 e. The highest BCUT2D eigenvalue weighted by molar-refractivity contribution is 6.04. The largest absolute Gasteiger partial charge is 0.493 e. The Labute approximate surface area is 187 Å². The number of hydrogen-bond acceptors (Lipinski definition) is 6. The van der Waals surface area contributed by atoms with E-state index in [2.05, 4.69) is 4.98 Å². The fourth-order valence-electron chi connectivity index (χ4n) is 3.67. The number of ether oxygens (including phenoxy) is 2. The molecule has 3 rings (SSSR count). The second-order valence-electron chi connectivity index (χ2n) is 8.78. The molecule has 8 heteroatoms. The summed E-state index contributed by atoms with van der Waals surface area (Å²) in [6.45, 7) is 7.84. The maximum atomic E-state index is 13.2. The van der Waals surface area contributed by atoms with Crippen molar-refractivity contribution in [3.05, 3.63) is 52.3 Å². The fraction of sp³-hybridized carbons (Fsp3) is 0.417. The van der Waals surface area contributed by atoms with E-state index >= 15 is 0 Å².